The van der Waals surface area contributed by atoms with E-state index in [1.807, 2.05) is 0 Å². The molecule has 2 aromatic rings. The quantitative estimate of drug-likeness (QED) is 0.670. The molecule has 0 atom stereocenters. The van der Waals surface area contributed by atoms with E-state index in [1.54, 1.807) is 0 Å². The van der Waals surface area contributed by atoms with Gasteiger partial charge in [0.2, 0.25) is 0 Å². The number of rotatable bonds is 5. The highest BCUT2D eigenvalue weighted by molar-refractivity contribution is 5.67. The first kappa shape index (κ1) is 15.6. The zero-order valence-electron chi connectivity index (χ0n) is 14.0. The molecule has 2 rings (SSSR count). The summed E-state index contributed by atoms with van der Waals surface area (Å²) in [5, 5.41) is 0. The van der Waals surface area contributed by atoms with Crippen LogP contribution in [0.15, 0.2) is 42.5 Å². The van der Waals surface area contributed by atoms with Gasteiger partial charge in [0.25, 0.3) is 0 Å². The Balaban J connectivity index is 2.40. The van der Waals surface area contributed by atoms with Crippen LogP contribution in [0.25, 0.3) is 0 Å². The van der Waals surface area contributed by atoms with E-state index in [0.29, 0.717) is 5.92 Å². The topological polar surface area (TPSA) is 3.24 Å². The maximum atomic E-state index is 2.46. The number of anilines is 2. The summed E-state index contributed by atoms with van der Waals surface area (Å²) in [5.41, 5.74) is 6.60. The fourth-order valence-corrected chi connectivity index (χ4v) is 2.68. The van der Waals surface area contributed by atoms with Gasteiger partial charge in [0, 0.05) is 17.9 Å². The fraction of sp³-hybridized carbons (Fsp3) is 0.400. The van der Waals surface area contributed by atoms with Crippen molar-refractivity contribution in [3.8, 4) is 0 Å². The third-order valence-electron chi connectivity index (χ3n) is 3.89. The Morgan fingerprint density at radius 2 is 1.62 bits per heavy atom. The number of aryl methyl sites for hydroxylation is 3. The van der Waals surface area contributed by atoms with Crippen LogP contribution in [-0.2, 0) is 0 Å². The molecular formula is C20H27N. The van der Waals surface area contributed by atoms with Crippen LogP contribution in [0.5, 0.6) is 0 Å². The lowest BCUT2D eigenvalue weighted by Crippen LogP contribution is -2.20. The van der Waals surface area contributed by atoms with E-state index in [9.17, 15) is 0 Å². The predicted molar refractivity (Wildman–Crippen MR) is 93.6 cm³/mol. The summed E-state index contributed by atoms with van der Waals surface area (Å²) in [6, 6.07) is 15.5. The minimum absolute atomic E-state index is 0.711. The van der Waals surface area contributed by atoms with Crippen molar-refractivity contribution < 1.29 is 0 Å². The SMILES string of the molecule is Cc1cccc(N(CCC(C)C)c2ccc(C)cc2C)c1. The molecule has 0 unspecified atom stereocenters. The molecule has 0 aliphatic carbocycles. The standard InChI is InChI=1S/C20H27N/c1-15(2)11-12-21(19-8-6-7-16(3)14-19)20-10-9-17(4)13-18(20)5/h6-10,13-15H,11-12H2,1-5H3. The van der Waals surface area contributed by atoms with Gasteiger partial charge < -0.3 is 4.90 Å². The van der Waals surface area contributed by atoms with Crippen LogP contribution < -0.4 is 4.90 Å². The second-order valence-corrected chi connectivity index (χ2v) is 6.46. The summed E-state index contributed by atoms with van der Waals surface area (Å²) in [4.78, 5) is 2.46. The molecule has 112 valence electrons. The van der Waals surface area contributed by atoms with E-state index in [0.717, 1.165) is 6.54 Å². The maximum absolute atomic E-state index is 2.46. The molecule has 0 fully saturated rings. The summed E-state index contributed by atoms with van der Waals surface area (Å²) in [6.45, 7) is 12.2. The highest BCUT2D eigenvalue weighted by atomic mass is 15.1. The van der Waals surface area contributed by atoms with Crippen molar-refractivity contribution in [3.63, 3.8) is 0 Å². The molecule has 0 radical (unpaired) electrons. The second-order valence-electron chi connectivity index (χ2n) is 6.46. The number of nitrogens with zero attached hydrogens (tertiary/aromatic N) is 1. The first-order valence-electron chi connectivity index (χ1n) is 7.89. The van der Waals surface area contributed by atoms with Gasteiger partial charge in [-0.3, -0.25) is 0 Å². The summed E-state index contributed by atoms with van der Waals surface area (Å²) in [5.74, 6) is 0.711. The first-order chi connectivity index (χ1) is 9.97. The number of benzene rings is 2. The average molecular weight is 281 g/mol. The zero-order valence-corrected chi connectivity index (χ0v) is 14.0. The van der Waals surface area contributed by atoms with Gasteiger partial charge in [-0.1, -0.05) is 43.7 Å². The number of hydrogen-bond donors (Lipinski definition) is 0. The molecule has 1 heteroatoms. The maximum Gasteiger partial charge on any atom is 0.0440 e. The molecule has 0 saturated carbocycles. The third kappa shape index (κ3) is 4.10. The lowest BCUT2D eigenvalue weighted by Gasteiger charge is -2.28. The van der Waals surface area contributed by atoms with Gasteiger partial charge >= 0.3 is 0 Å². The molecule has 0 aliphatic heterocycles. The molecule has 0 saturated heterocycles. The molecule has 21 heavy (non-hydrogen) atoms. The van der Waals surface area contributed by atoms with Gasteiger partial charge in [0.05, 0.1) is 0 Å². The summed E-state index contributed by atoms with van der Waals surface area (Å²) in [6.07, 6.45) is 1.20. The predicted octanol–water partition coefficient (Wildman–Crippen LogP) is 5.80. The van der Waals surface area contributed by atoms with Gasteiger partial charge in [-0.15, -0.1) is 0 Å². The minimum Gasteiger partial charge on any atom is -0.341 e. The summed E-state index contributed by atoms with van der Waals surface area (Å²) < 4.78 is 0. The summed E-state index contributed by atoms with van der Waals surface area (Å²) >= 11 is 0. The normalized spacial score (nSPS) is 11.0. The highest BCUT2D eigenvalue weighted by Crippen LogP contribution is 2.30. The second kappa shape index (κ2) is 6.80. The van der Waals surface area contributed by atoms with Gasteiger partial charge in [-0.25, -0.2) is 0 Å². The van der Waals surface area contributed by atoms with Crippen LogP contribution in [0, 0.1) is 26.7 Å². The molecule has 0 aromatic heterocycles. The Kier molecular flexibility index (Phi) is 5.06. The van der Waals surface area contributed by atoms with Gasteiger partial charge in [-0.05, 0) is 62.4 Å². The van der Waals surface area contributed by atoms with E-state index < -0.39 is 0 Å². The van der Waals surface area contributed by atoms with Crippen molar-refractivity contribution in [2.45, 2.75) is 41.0 Å². The molecular weight excluding hydrogens is 254 g/mol. The van der Waals surface area contributed by atoms with Crippen LogP contribution >= 0.6 is 0 Å². The lowest BCUT2D eigenvalue weighted by molar-refractivity contribution is 0.591. The largest absolute Gasteiger partial charge is 0.341 e. The molecule has 0 amide bonds. The molecule has 2 aromatic carbocycles. The van der Waals surface area contributed by atoms with E-state index in [4.69, 9.17) is 0 Å². The molecule has 0 spiro atoms. The van der Waals surface area contributed by atoms with Gasteiger partial charge in [0.1, 0.15) is 0 Å². The monoisotopic (exact) mass is 281 g/mol. The first-order valence-corrected chi connectivity index (χ1v) is 7.89. The van der Waals surface area contributed by atoms with E-state index in [2.05, 4.69) is 82.0 Å². The van der Waals surface area contributed by atoms with E-state index in [1.165, 1.54) is 34.5 Å². The van der Waals surface area contributed by atoms with Crippen molar-refractivity contribution in [2.24, 2.45) is 5.92 Å². The summed E-state index contributed by atoms with van der Waals surface area (Å²) in [7, 11) is 0. The number of hydrogen-bond acceptors (Lipinski definition) is 1. The van der Waals surface area contributed by atoms with Crippen LogP contribution in [0.2, 0.25) is 0 Å². The van der Waals surface area contributed by atoms with E-state index in [-0.39, 0.29) is 0 Å². The molecule has 0 aliphatic rings. The van der Waals surface area contributed by atoms with Gasteiger partial charge in [-0.2, -0.15) is 0 Å². The Morgan fingerprint density at radius 1 is 0.905 bits per heavy atom. The van der Waals surface area contributed by atoms with Crippen molar-refractivity contribution >= 4 is 11.4 Å². The van der Waals surface area contributed by atoms with Crippen molar-refractivity contribution in [2.75, 3.05) is 11.4 Å². The van der Waals surface area contributed by atoms with Crippen molar-refractivity contribution in [3.05, 3.63) is 59.2 Å². The molecule has 1 nitrogen and oxygen atoms in total. The molecule has 0 N–H and O–H groups in total. The van der Waals surface area contributed by atoms with Crippen LogP contribution in [0.1, 0.15) is 37.0 Å². The Bertz CT molecular complexity index is 599. The van der Waals surface area contributed by atoms with Crippen molar-refractivity contribution in [1.29, 1.82) is 0 Å². The lowest BCUT2D eigenvalue weighted by atomic mass is 10.1. The Hall–Kier alpha value is -1.76. The average Bonchev–Trinajstić information content (AvgIpc) is 2.41. The van der Waals surface area contributed by atoms with E-state index >= 15 is 0 Å². The van der Waals surface area contributed by atoms with Crippen molar-refractivity contribution in [1.82, 2.24) is 0 Å². The minimum atomic E-state index is 0.711. The molecule has 0 heterocycles. The van der Waals surface area contributed by atoms with Crippen LogP contribution in [-0.4, -0.2) is 6.54 Å². The fourth-order valence-electron chi connectivity index (χ4n) is 2.68. The molecule has 0 bridgehead atoms. The van der Waals surface area contributed by atoms with Crippen LogP contribution in [0.4, 0.5) is 11.4 Å². The third-order valence-corrected chi connectivity index (χ3v) is 3.89. The zero-order chi connectivity index (χ0) is 15.4. The highest BCUT2D eigenvalue weighted by Gasteiger charge is 2.12. The smallest absolute Gasteiger partial charge is 0.0440 e. The Labute approximate surface area is 129 Å². The van der Waals surface area contributed by atoms with Gasteiger partial charge in [0.15, 0.2) is 0 Å². The van der Waals surface area contributed by atoms with Crippen LogP contribution in [0.3, 0.4) is 0 Å². The Morgan fingerprint density at radius 3 is 2.24 bits per heavy atom.